The lowest BCUT2D eigenvalue weighted by atomic mass is 9.96. The van der Waals surface area contributed by atoms with Crippen LogP contribution in [-0.4, -0.2) is 37.0 Å². The average molecular weight is 529 g/mol. The molecule has 1 fully saturated rings. The molecule has 4 heterocycles. The molecule has 0 radical (unpaired) electrons. The molecule has 2 N–H and O–H groups in total. The van der Waals surface area contributed by atoms with E-state index in [1.54, 1.807) is 18.3 Å². The van der Waals surface area contributed by atoms with E-state index in [-0.39, 0.29) is 30.2 Å². The first kappa shape index (κ1) is 25.5. The van der Waals surface area contributed by atoms with Crippen molar-refractivity contribution in [2.45, 2.75) is 39.3 Å². The number of aromatic nitrogens is 3. The van der Waals surface area contributed by atoms with Gasteiger partial charge in [-0.1, -0.05) is 12.1 Å². The SMILES string of the molecule is Cc1ccc(-n2c(C)cc([C@H]3[C@@H](c4ccccn4)NC(=S)N3CCC(=O)Nc3ccc(F)cc3)c2C)nc1. The van der Waals surface area contributed by atoms with Gasteiger partial charge in [0.05, 0.1) is 17.8 Å². The van der Waals surface area contributed by atoms with Crippen LogP contribution in [0.25, 0.3) is 5.82 Å². The number of thiocarbonyl (C=S) groups is 1. The number of rotatable bonds is 7. The highest BCUT2D eigenvalue weighted by Gasteiger charge is 2.41. The van der Waals surface area contributed by atoms with Gasteiger partial charge in [-0.15, -0.1) is 0 Å². The average Bonchev–Trinajstić information content (AvgIpc) is 3.39. The molecule has 2 atom stereocenters. The Morgan fingerprint density at radius 2 is 1.87 bits per heavy atom. The van der Waals surface area contributed by atoms with Gasteiger partial charge in [0.15, 0.2) is 5.11 Å². The summed E-state index contributed by atoms with van der Waals surface area (Å²) in [5.74, 6) is 0.331. The van der Waals surface area contributed by atoms with E-state index in [1.807, 2.05) is 37.4 Å². The molecule has 38 heavy (non-hydrogen) atoms. The number of aryl methyl sites for hydroxylation is 2. The number of hydrogen-bond acceptors (Lipinski definition) is 4. The van der Waals surface area contributed by atoms with Crippen molar-refractivity contribution < 1.29 is 9.18 Å². The summed E-state index contributed by atoms with van der Waals surface area (Å²) in [4.78, 5) is 24.1. The molecule has 1 saturated heterocycles. The molecule has 0 aliphatic carbocycles. The second-order valence-corrected chi connectivity index (χ2v) is 9.87. The van der Waals surface area contributed by atoms with Crippen LogP contribution < -0.4 is 10.6 Å². The molecule has 3 aromatic heterocycles. The molecule has 0 unspecified atom stereocenters. The molecule has 9 heteroatoms. The van der Waals surface area contributed by atoms with Crippen LogP contribution in [0.4, 0.5) is 10.1 Å². The number of anilines is 1. The fraction of sp³-hybridized carbons (Fsp3) is 0.241. The van der Waals surface area contributed by atoms with Gasteiger partial charge in [0, 0.05) is 42.4 Å². The molecule has 194 valence electrons. The van der Waals surface area contributed by atoms with Gasteiger partial charge in [0.1, 0.15) is 11.6 Å². The molecule has 0 saturated carbocycles. The van der Waals surface area contributed by atoms with Gasteiger partial charge in [-0.3, -0.25) is 9.78 Å². The van der Waals surface area contributed by atoms with Gasteiger partial charge >= 0.3 is 0 Å². The Hall–Kier alpha value is -4.11. The minimum Gasteiger partial charge on any atom is -0.352 e. The van der Waals surface area contributed by atoms with Crippen LogP contribution in [0.3, 0.4) is 0 Å². The molecule has 7 nitrogen and oxygen atoms in total. The first-order valence-electron chi connectivity index (χ1n) is 12.5. The Bertz CT molecular complexity index is 1450. The van der Waals surface area contributed by atoms with Crippen molar-refractivity contribution in [3.05, 3.63) is 107 Å². The molecular formula is C29H29FN6OS. The molecule has 0 bridgehead atoms. The first-order chi connectivity index (χ1) is 18.3. The molecule has 1 amide bonds. The zero-order valence-corrected chi connectivity index (χ0v) is 22.3. The summed E-state index contributed by atoms with van der Waals surface area (Å²) in [7, 11) is 0. The molecule has 0 spiro atoms. The van der Waals surface area contributed by atoms with E-state index in [0.717, 1.165) is 34.0 Å². The van der Waals surface area contributed by atoms with E-state index in [4.69, 9.17) is 12.2 Å². The molecule has 4 aromatic rings. The maximum atomic E-state index is 13.2. The predicted octanol–water partition coefficient (Wildman–Crippen LogP) is 5.33. The molecular weight excluding hydrogens is 499 g/mol. The largest absolute Gasteiger partial charge is 0.352 e. The van der Waals surface area contributed by atoms with Gasteiger partial charge in [-0.05, 0) is 92.6 Å². The van der Waals surface area contributed by atoms with E-state index in [2.05, 4.69) is 56.0 Å². The van der Waals surface area contributed by atoms with Crippen LogP contribution in [0.2, 0.25) is 0 Å². The highest BCUT2D eigenvalue weighted by Crippen LogP contribution is 2.41. The maximum Gasteiger partial charge on any atom is 0.226 e. The fourth-order valence-electron chi connectivity index (χ4n) is 5.00. The second-order valence-electron chi connectivity index (χ2n) is 9.48. The quantitative estimate of drug-likeness (QED) is 0.316. The molecule has 5 rings (SSSR count). The lowest BCUT2D eigenvalue weighted by Crippen LogP contribution is -2.32. The van der Waals surface area contributed by atoms with Crippen LogP contribution in [0.1, 0.15) is 46.7 Å². The topological polar surface area (TPSA) is 75.1 Å². The van der Waals surface area contributed by atoms with E-state index >= 15 is 0 Å². The Morgan fingerprint density at radius 1 is 1.08 bits per heavy atom. The summed E-state index contributed by atoms with van der Waals surface area (Å²) in [6.45, 7) is 6.57. The summed E-state index contributed by atoms with van der Waals surface area (Å²) in [6, 6.07) is 17.4. The van der Waals surface area contributed by atoms with Crippen molar-refractivity contribution in [1.82, 2.24) is 24.8 Å². The van der Waals surface area contributed by atoms with Crippen molar-refractivity contribution >= 4 is 28.9 Å². The number of nitrogens with zero attached hydrogens (tertiary/aromatic N) is 4. The highest BCUT2D eigenvalue weighted by atomic mass is 32.1. The maximum absolute atomic E-state index is 13.2. The third-order valence-electron chi connectivity index (χ3n) is 6.82. The van der Waals surface area contributed by atoms with Gasteiger partial charge in [-0.2, -0.15) is 0 Å². The first-order valence-corrected chi connectivity index (χ1v) is 12.9. The summed E-state index contributed by atoms with van der Waals surface area (Å²) in [6.07, 6.45) is 3.85. The van der Waals surface area contributed by atoms with Crippen LogP contribution in [0.15, 0.2) is 73.1 Å². The number of carbonyl (C=O) groups excluding carboxylic acids is 1. The number of benzene rings is 1. The number of amides is 1. The van der Waals surface area contributed by atoms with Crippen LogP contribution in [0.5, 0.6) is 0 Å². The zero-order valence-electron chi connectivity index (χ0n) is 21.5. The van der Waals surface area contributed by atoms with E-state index < -0.39 is 0 Å². The number of pyridine rings is 2. The lowest BCUT2D eigenvalue weighted by molar-refractivity contribution is -0.116. The van der Waals surface area contributed by atoms with Gasteiger partial charge in [0.2, 0.25) is 5.91 Å². The predicted molar refractivity (Wildman–Crippen MR) is 150 cm³/mol. The third-order valence-corrected chi connectivity index (χ3v) is 7.17. The summed E-state index contributed by atoms with van der Waals surface area (Å²) >= 11 is 5.78. The van der Waals surface area contributed by atoms with Crippen molar-refractivity contribution in [2.75, 3.05) is 11.9 Å². The van der Waals surface area contributed by atoms with Crippen LogP contribution in [0, 0.1) is 26.6 Å². The van der Waals surface area contributed by atoms with Crippen molar-refractivity contribution in [1.29, 1.82) is 0 Å². The van der Waals surface area contributed by atoms with E-state index in [1.165, 1.54) is 12.1 Å². The van der Waals surface area contributed by atoms with Crippen molar-refractivity contribution in [3.8, 4) is 5.82 Å². The Labute approximate surface area is 226 Å². The smallest absolute Gasteiger partial charge is 0.226 e. The fourth-order valence-corrected chi connectivity index (χ4v) is 5.33. The standard InChI is InChI=1S/C29H29FN6OS/c1-18-7-12-25(32-17-18)36-19(2)16-23(20(36)3)28-27(24-6-4-5-14-31-24)34-29(38)35(28)15-13-26(37)33-22-10-8-21(30)9-11-22/h4-12,14,16-17,27-28H,13,15H2,1-3H3,(H,33,37)(H,34,38)/t27-,28+/m1/s1. The molecule has 1 aliphatic heterocycles. The van der Waals surface area contributed by atoms with Gasteiger partial charge in [0.25, 0.3) is 0 Å². The third kappa shape index (κ3) is 5.15. The number of halogens is 1. The zero-order chi connectivity index (χ0) is 26.8. The van der Waals surface area contributed by atoms with Gasteiger partial charge in [-0.25, -0.2) is 9.37 Å². The number of nitrogens with one attached hydrogen (secondary N) is 2. The normalized spacial score (nSPS) is 16.9. The Balaban J connectivity index is 1.46. The summed E-state index contributed by atoms with van der Waals surface area (Å²) in [5, 5.41) is 6.85. The Kier molecular flexibility index (Phi) is 7.20. The van der Waals surface area contributed by atoms with Crippen LogP contribution in [-0.2, 0) is 4.79 Å². The van der Waals surface area contributed by atoms with E-state index in [0.29, 0.717) is 17.3 Å². The Morgan fingerprint density at radius 3 is 2.55 bits per heavy atom. The summed E-state index contributed by atoms with van der Waals surface area (Å²) < 4.78 is 15.4. The monoisotopic (exact) mass is 528 g/mol. The van der Waals surface area contributed by atoms with Gasteiger partial charge < -0.3 is 20.1 Å². The van der Waals surface area contributed by atoms with Crippen LogP contribution >= 0.6 is 12.2 Å². The van der Waals surface area contributed by atoms with E-state index in [9.17, 15) is 9.18 Å². The number of hydrogen-bond donors (Lipinski definition) is 2. The molecule has 1 aromatic carbocycles. The van der Waals surface area contributed by atoms with Crippen molar-refractivity contribution in [2.24, 2.45) is 0 Å². The molecule has 1 aliphatic rings. The number of carbonyl (C=O) groups is 1. The van der Waals surface area contributed by atoms with Crippen molar-refractivity contribution in [3.63, 3.8) is 0 Å². The second kappa shape index (κ2) is 10.7. The minimum atomic E-state index is -0.349. The minimum absolute atomic E-state index is 0.172. The lowest BCUT2D eigenvalue weighted by Gasteiger charge is -2.28. The summed E-state index contributed by atoms with van der Waals surface area (Å²) in [5.41, 5.74) is 5.72. The highest BCUT2D eigenvalue weighted by molar-refractivity contribution is 7.80.